The molecule has 0 saturated carbocycles. The Labute approximate surface area is 140 Å². The van der Waals surface area contributed by atoms with Crippen LogP contribution in [-0.2, 0) is 0 Å². The minimum absolute atomic E-state index is 0.0799. The van der Waals surface area contributed by atoms with E-state index >= 15 is 0 Å². The van der Waals surface area contributed by atoms with E-state index in [1.165, 1.54) is 0 Å². The summed E-state index contributed by atoms with van der Waals surface area (Å²) in [7, 11) is 0. The molecule has 4 rings (SSSR count). The molecular formula is C19H18N4O. The first-order valence-corrected chi connectivity index (χ1v) is 8.10. The topological polar surface area (TPSA) is 58.1 Å². The number of hydrogen-bond acceptors (Lipinski definition) is 4. The monoisotopic (exact) mass is 318 g/mol. The lowest BCUT2D eigenvalue weighted by Gasteiger charge is -2.18. The van der Waals surface area contributed by atoms with Gasteiger partial charge in [-0.3, -0.25) is 14.8 Å². The molecule has 2 aromatic heterocycles. The molecule has 0 bridgehead atoms. The van der Waals surface area contributed by atoms with Crippen molar-refractivity contribution in [1.82, 2.24) is 14.9 Å². The molecule has 0 aliphatic carbocycles. The number of amides is 1. The van der Waals surface area contributed by atoms with Crippen LogP contribution in [0.3, 0.4) is 0 Å². The average Bonchev–Trinajstić information content (AvgIpc) is 3.10. The van der Waals surface area contributed by atoms with Crippen LogP contribution < -0.4 is 5.32 Å². The number of fused-ring (bicyclic) bond motifs is 1. The summed E-state index contributed by atoms with van der Waals surface area (Å²) >= 11 is 0. The number of anilines is 1. The van der Waals surface area contributed by atoms with Gasteiger partial charge in [-0.1, -0.05) is 6.07 Å². The summed E-state index contributed by atoms with van der Waals surface area (Å²) in [6.07, 6.45) is 6.26. The minimum atomic E-state index is 0.0799. The highest BCUT2D eigenvalue weighted by Crippen LogP contribution is 2.19. The molecule has 120 valence electrons. The van der Waals surface area contributed by atoms with Crippen LogP contribution in [0.1, 0.15) is 16.8 Å². The normalized spacial score (nSPS) is 17.2. The molecule has 1 saturated heterocycles. The second-order valence-electron chi connectivity index (χ2n) is 6.03. The fourth-order valence-electron chi connectivity index (χ4n) is 3.14. The number of nitrogens with zero attached hydrogens (tertiary/aromatic N) is 3. The van der Waals surface area contributed by atoms with Crippen LogP contribution in [-0.4, -0.2) is 39.9 Å². The van der Waals surface area contributed by atoms with Gasteiger partial charge in [0.2, 0.25) is 0 Å². The van der Waals surface area contributed by atoms with Gasteiger partial charge in [0.1, 0.15) is 0 Å². The molecule has 1 aliphatic heterocycles. The highest BCUT2D eigenvalue weighted by atomic mass is 16.2. The molecule has 0 unspecified atom stereocenters. The van der Waals surface area contributed by atoms with Crippen molar-refractivity contribution in [2.75, 3.05) is 18.4 Å². The van der Waals surface area contributed by atoms with Gasteiger partial charge in [-0.05, 0) is 42.8 Å². The molecule has 3 heterocycles. The first kappa shape index (κ1) is 14.6. The predicted molar refractivity (Wildman–Crippen MR) is 93.9 cm³/mol. The average molecular weight is 318 g/mol. The van der Waals surface area contributed by atoms with E-state index in [-0.39, 0.29) is 11.9 Å². The third kappa shape index (κ3) is 2.93. The summed E-state index contributed by atoms with van der Waals surface area (Å²) in [6, 6.07) is 13.7. The number of likely N-dealkylation sites (tertiary alicyclic amines) is 1. The molecule has 5 nitrogen and oxygen atoms in total. The van der Waals surface area contributed by atoms with Crippen LogP contribution in [0.4, 0.5) is 5.69 Å². The van der Waals surface area contributed by atoms with Crippen LogP contribution in [0, 0.1) is 0 Å². The molecule has 1 atom stereocenters. The van der Waals surface area contributed by atoms with Crippen LogP contribution in [0.5, 0.6) is 0 Å². The molecule has 1 aromatic carbocycles. The summed E-state index contributed by atoms with van der Waals surface area (Å²) in [5.41, 5.74) is 2.62. The van der Waals surface area contributed by atoms with Crippen molar-refractivity contribution in [2.24, 2.45) is 0 Å². The maximum Gasteiger partial charge on any atom is 0.253 e. The maximum atomic E-state index is 12.8. The van der Waals surface area contributed by atoms with Crippen molar-refractivity contribution in [1.29, 1.82) is 0 Å². The number of carbonyl (C=O) groups is 1. The summed E-state index contributed by atoms with van der Waals surface area (Å²) in [5, 5.41) is 4.43. The van der Waals surface area contributed by atoms with Gasteiger partial charge in [-0.15, -0.1) is 0 Å². The van der Waals surface area contributed by atoms with Gasteiger partial charge in [-0.2, -0.15) is 0 Å². The van der Waals surface area contributed by atoms with E-state index in [0.29, 0.717) is 6.54 Å². The van der Waals surface area contributed by atoms with Crippen molar-refractivity contribution >= 4 is 22.5 Å². The SMILES string of the molecule is O=C(c1ccc2ncccc2c1)N1CC[C@H](Nc2cccnc2)C1. The van der Waals surface area contributed by atoms with Gasteiger partial charge < -0.3 is 10.2 Å². The van der Waals surface area contributed by atoms with Crippen molar-refractivity contribution in [3.63, 3.8) is 0 Å². The Morgan fingerprint density at radius 3 is 2.96 bits per heavy atom. The van der Waals surface area contributed by atoms with E-state index in [0.717, 1.165) is 35.1 Å². The molecule has 1 fully saturated rings. The molecule has 1 aliphatic rings. The van der Waals surface area contributed by atoms with Crippen molar-refractivity contribution in [2.45, 2.75) is 12.5 Å². The first-order chi connectivity index (χ1) is 11.8. The number of nitrogens with one attached hydrogen (secondary N) is 1. The lowest BCUT2D eigenvalue weighted by Crippen LogP contribution is -2.31. The van der Waals surface area contributed by atoms with Crippen molar-refractivity contribution in [3.05, 3.63) is 66.6 Å². The van der Waals surface area contributed by atoms with Gasteiger partial charge in [0, 0.05) is 48.7 Å². The molecule has 1 amide bonds. The van der Waals surface area contributed by atoms with E-state index < -0.39 is 0 Å². The zero-order valence-corrected chi connectivity index (χ0v) is 13.2. The Bertz CT molecular complexity index is 865. The summed E-state index contributed by atoms with van der Waals surface area (Å²) in [4.78, 5) is 23.1. The molecule has 0 radical (unpaired) electrons. The van der Waals surface area contributed by atoms with E-state index in [1.807, 2.05) is 47.4 Å². The Hall–Kier alpha value is -2.95. The smallest absolute Gasteiger partial charge is 0.253 e. The molecule has 5 heteroatoms. The molecule has 3 aromatic rings. The molecule has 0 spiro atoms. The van der Waals surface area contributed by atoms with Crippen LogP contribution in [0.25, 0.3) is 10.9 Å². The quantitative estimate of drug-likeness (QED) is 0.806. The third-order valence-corrected chi connectivity index (χ3v) is 4.36. The van der Waals surface area contributed by atoms with Gasteiger partial charge in [0.25, 0.3) is 5.91 Å². The maximum absolute atomic E-state index is 12.8. The standard InChI is InChI=1S/C19H18N4O/c24-19(15-5-6-18-14(11-15)3-1-9-21-18)23-10-7-17(13-23)22-16-4-2-8-20-12-16/h1-6,8-9,11-12,17,22H,7,10,13H2/t17-/m0/s1. The number of pyridine rings is 2. The Morgan fingerprint density at radius 1 is 1.17 bits per heavy atom. The van der Waals surface area contributed by atoms with E-state index in [1.54, 1.807) is 18.6 Å². The van der Waals surface area contributed by atoms with Gasteiger partial charge in [-0.25, -0.2) is 0 Å². The Balaban J connectivity index is 1.46. The molecule has 24 heavy (non-hydrogen) atoms. The lowest BCUT2D eigenvalue weighted by molar-refractivity contribution is 0.0792. The Morgan fingerprint density at radius 2 is 2.08 bits per heavy atom. The van der Waals surface area contributed by atoms with E-state index in [2.05, 4.69) is 15.3 Å². The van der Waals surface area contributed by atoms with Crippen LogP contribution in [0.15, 0.2) is 61.1 Å². The summed E-state index contributed by atoms with van der Waals surface area (Å²) in [5.74, 6) is 0.0799. The highest BCUT2D eigenvalue weighted by molar-refractivity contribution is 5.98. The van der Waals surface area contributed by atoms with Crippen molar-refractivity contribution in [3.8, 4) is 0 Å². The first-order valence-electron chi connectivity index (χ1n) is 8.10. The second-order valence-corrected chi connectivity index (χ2v) is 6.03. The summed E-state index contributed by atoms with van der Waals surface area (Å²) in [6.45, 7) is 1.47. The molecule has 1 N–H and O–H groups in total. The van der Waals surface area contributed by atoms with Gasteiger partial charge in [0.15, 0.2) is 0 Å². The summed E-state index contributed by atoms with van der Waals surface area (Å²) < 4.78 is 0. The zero-order valence-electron chi connectivity index (χ0n) is 13.2. The number of carbonyl (C=O) groups excluding carboxylic acids is 1. The highest BCUT2D eigenvalue weighted by Gasteiger charge is 2.27. The fourth-order valence-corrected chi connectivity index (χ4v) is 3.14. The number of benzene rings is 1. The molecular weight excluding hydrogens is 300 g/mol. The van der Waals surface area contributed by atoms with Crippen LogP contribution >= 0.6 is 0 Å². The zero-order chi connectivity index (χ0) is 16.4. The van der Waals surface area contributed by atoms with E-state index in [9.17, 15) is 4.79 Å². The number of hydrogen-bond donors (Lipinski definition) is 1. The van der Waals surface area contributed by atoms with Crippen LogP contribution in [0.2, 0.25) is 0 Å². The van der Waals surface area contributed by atoms with E-state index in [4.69, 9.17) is 0 Å². The van der Waals surface area contributed by atoms with Crippen molar-refractivity contribution < 1.29 is 4.79 Å². The minimum Gasteiger partial charge on any atom is -0.379 e. The van der Waals surface area contributed by atoms with Gasteiger partial charge >= 0.3 is 0 Å². The number of rotatable bonds is 3. The number of aromatic nitrogens is 2. The third-order valence-electron chi connectivity index (χ3n) is 4.36. The largest absolute Gasteiger partial charge is 0.379 e. The second kappa shape index (κ2) is 6.28. The lowest BCUT2D eigenvalue weighted by atomic mass is 10.1. The fraction of sp³-hybridized carbons (Fsp3) is 0.211. The van der Waals surface area contributed by atoms with Gasteiger partial charge in [0.05, 0.1) is 11.2 Å². The Kier molecular flexibility index (Phi) is 3.83. The predicted octanol–water partition coefficient (Wildman–Crippen LogP) is 2.96.